The second-order valence-corrected chi connectivity index (χ2v) is 8.52. The zero-order valence-electron chi connectivity index (χ0n) is 17.7. The van der Waals surface area contributed by atoms with E-state index in [9.17, 15) is 9.59 Å². The summed E-state index contributed by atoms with van der Waals surface area (Å²) >= 11 is 0. The second kappa shape index (κ2) is 7.44. The molecule has 7 heteroatoms. The van der Waals surface area contributed by atoms with E-state index in [1.54, 1.807) is 0 Å². The van der Waals surface area contributed by atoms with Crippen LogP contribution in [0.1, 0.15) is 28.8 Å². The molecule has 6 rings (SSSR count). The Bertz CT molecular complexity index is 1400. The third-order valence-corrected chi connectivity index (χ3v) is 6.61. The third-order valence-electron chi connectivity index (χ3n) is 6.61. The van der Waals surface area contributed by atoms with E-state index in [1.807, 2.05) is 51.9 Å². The summed E-state index contributed by atoms with van der Waals surface area (Å²) in [4.78, 5) is 33.1. The zero-order valence-corrected chi connectivity index (χ0v) is 17.7. The Morgan fingerprint density at radius 1 is 0.938 bits per heavy atom. The molecule has 0 bridgehead atoms. The van der Waals surface area contributed by atoms with E-state index >= 15 is 0 Å². The molecule has 1 aliphatic carbocycles. The molecule has 160 valence electrons. The number of aromatic nitrogens is 4. The fourth-order valence-corrected chi connectivity index (χ4v) is 4.94. The average molecular weight is 425 g/mol. The molecule has 4 aromatic rings. The minimum absolute atomic E-state index is 0.0448. The van der Waals surface area contributed by atoms with Crippen LogP contribution in [0.15, 0.2) is 59.4 Å². The first-order chi connectivity index (χ1) is 15.7. The van der Waals surface area contributed by atoms with Crippen molar-refractivity contribution in [3.05, 3.63) is 87.3 Å². The van der Waals surface area contributed by atoms with Crippen LogP contribution in [0.3, 0.4) is 0 Å². The van der Waals surface area contributed by atoms with Gasteiger partial charge in [-0.05, 0) is 36.8 Å². The van der Waals surface area contributed by atoms with Crippen LogP contribution in [-0.2, 0) is 37.1 Å². The van der Waals surface area contributed by atoms with Crippen LogP contribution >= 0.6 is 0 Å². The average Bonchev–Trinajstić information content (AvgIpc) is 3.50. The molecule has 32 heavy (non-hydrogen) atoms. The molecule has 2 aromatic carbocycles. The SMILES string of the molecule is O=C(Cn1c2c(c(=O)n3nc(-c4ccccc4)nc13)CCC2)N1CCc2ccccc2C1. The number of carbonyl (C=O) groups is 1. The number of nitrogens with zero attached hydrogens (tertiary/aromatic N) is 5. The van der Waals surface area contributed by atoms with Crippen LogP contribution in [0.25, 0.3) is 17.2 Å². The first kappa shape index (κ1) is 19.0. The van der Waals surface area contributed by atoms with Crippen LogP contribution < -0.4 is 5.56 Å². The monoisotopic (exact) mass is 425 g/mol. The molecule has 3 heterocycles. The molecule has 1 aliphatic heterocycles. The van der Waals surface area contributed by atoms with Crippen molar-refractivity contribution >= 4 is 11.7 Å². The van der Waals surface area contributed by atoms with Crippen molar-refractivity contribution in [2.75, 3.05) is 6.54 Å². The van der Waals surface area contributed by atoms with Crippen LogP contribution in [0, 0.1) is 0 Å². The first-order valence-corrected chi connectivity index (χ1v) is 11.1. The molecular formula is C25H23N5O2. The van der Waals surface area contributed by atoms with E-state index in [0.29, 0.717) is 24.7 Å². The van der Waals surface area contributed by atoms with Gasteiger partial charge in [-0.3, -0.25) is 9.59 Å². The van der Waals surface area contributed by atoms with Crippen molar-refractivity contribution in [2.45, 2.75) is 38.8 Å². The highest BCUT2D eigenvalue weighted by atomic mass is 16.2. The summed E-state index contributed by atoms with van der Waals surface area (Å²) in [5.74, 6) is 0.989. The predicted octanol–water partition coefficient (Wildman–Crippen LogP) is 2.63. The molecular weight excluding hydrogens is 402 g/mol. The van der Waals surface area contributed by atoms with Crippen LogP contribution in [-0.4, -0.2) is 36.5 Å². The first-order valence-electron chi connectivity index (χ1n) is 11.1. The van der Waals surface area contributed by atoms with Gasteiger partial charge in [-0.25, -0.2) is 0 Å². The van der Waals surface area contributed by atoms with E-state index in [-0.39, 0.29) is 18.0 Å². The van der Waals surface area contributed by atoms with Gasteiger partial charge in [0.1, 0.15) is 6.54 Å². The van der Waals surface area contributed by atoms with Crippen LogP contribution in [0.4, 0.5) is 0 Å². The lowest BCUT2D eigenvalue weighted by atomic mass is 10.00. The number of amides is 1. The van der Waals surface area contributed by atoms with Crippen molar-refractivity contribution in [1.29, 1.82) is 0 Å². The van der Waals surface area contributed by atoms with Gasteiger partial charge in [0.05, 0.1) is 0 Å². The molecule has 0 unspecified atom stereocenters. The van der Waals surface area contributed by atoms with Gasteiger partial charge in [-0.15, -0.1) is 5.10 Å². The molecule has 0 spiro atoms. The van der Waals surface area contributed by atoms with E-state index in [0.717, 1.165) is 42.5 Å². The van der Waals surface area contributed by atoms with Crippen molar-refractivity contribution in [1.82, 2.24) is 24.1 Å². The van der Waals surface area contributed by atoms with E-state index < -0.39 is 0 Å². The highest BCUT2D eigenvalue weighted by molar-refractivity contribution is 5.77. The molecule has 2 aromatic heterocycles. The summed E-state index contributed by atoms with van der Waals surface area (Å²) in [7, 11) is 0. The zero-order chi connectivity index (χ0) is 21.7. The fraction of sp³-hybridized carbons (Fsp3) is 0.280. The van der Waals surface area contributed by atoms with Gasteiger partial charge in [0.2, 0.25) is 11.7 Å². The van der Waals surface area contributed by atoms with Crippen LogP contribution in [0.2, 0.25) is 0 Å². The lowest BCUT2D eigenvalue weighted by molar-refractivity contribution is -0.132. The smallest absolute Gasteiger partial charge is 0.279 e. The summed E-state index contributed by atoms with van der Waals surface area (Å²) in [6, 6.07) is 17.9. The maximum Gasteiger partial charge on any atom is 0.279 e. The fourth-order valence-electron chi connectivity index (χ4n) is 4.94. The topological polar surface area (TPSA) is 72.5 Å². The molecule has 0 saturated heterocycles. The van der Waals surface area contributed by atoms with Crippen LogP contribution in [0.5, 0.6) is 0 Å². The highest BCUT2D eigenvalue weighted by Crippen LogP contribution is 2.24. The standard InChI is InChI=1S/C25H23N5O2/c31-22(28-14-13-17-7-4-5-10-19(17)15-28)16-29-21-12-6-11-20(21)24(32)30-25(29)26-23(27-30)18-8-2-1-3-9-18/h1-5,7-10H,6,11-16H2. The minimum atomic E-state index is -0.113. The summed E-state index contributed by atoms with van der Waals surface area (Å²) in [5, 5.41) is 4.52. The number of hydrogen-bond donors (Lipinski definition) is 0. The normalized spacial score (nSPS) is 15.1. The summed E-state index contributed by atoms with van der Waals surface area (Å²) < 4.78 is 3.30. The number of benzene rings is 2. The van der Waals surface area contributed by atoms with Gasteiger partial charge in [-0.1, -0.05) is 54.6 Å². The number of rotatable bonds is 3. The van der Waals surface area contributed by atoms with E-state index in [2.05, 4.69) is 17.2 Å². The lowest BCUT2D eigenvalue weighted by Gasteiger charge is -2.29. The van der Waals surface area contributed by atoms with Crippen molar-refractivity contribution in [3.63, 3.8) is 0 Å². The third kappa shape index (κ3) is 3.04. The molecule has 2 aliphatic rings. The lowest BCUT2D eigenvalue weighted by Crippen LogP contribution is -2.39. The van der Waals surface area contributed by atoms with Gasteiger partial charge in [0, 0.05) is 29.9 Å². The molecule has 0 fully saturated rings. The molecule has 0 atom stereocenters. The second-order valence-electron chi connectivity index (χ2n) is 8.52. The Balaban J connectivity index is 1.40. The Morgan fingerprint density at radius 3 is 2.56 bits per heavy atom. The minimum Gasteiger partial charge on any atom is -0.336 e. The molecule has 7 nitrogen and oxygen atoms in total. The molecule has 0 radical (unpaired) electrons. The Morgan fingerprint density at radius 2 is 1.72 bits per heavy atom. The highest BCUT2D eigenvalue weighted by Gasteiger charge is 2.27. The quantitative estimate of drug-likeness (QED) is 0.506. The van der Waals surface area contributed by atoms with Crippen molar-refractivity contribution in [2.24, 2.45) is 0 Å². The van der Waals surface area contributed by atoms with Gasteiger partial charge in [-0.2, -0.15) is 9.50 Å². The summed E-state index contributed by atoms with van der Waals surface area (Å²) in [6.45, 7) is 1.49. The van der Waals surface area contributed by atoms with Gasteiger partial charge in [0.25, 0.3) is 5.56 Å². The Labute approximate surface area is 184 Å². The van der Waals surface area contributed by atoms with Crippen molar-refractivity contribution in [3.8, 4) is 11.4 Å². The summed E-state index contributed by atoms with van der Waals surface area (Å²) in [6.07, 6.45) is 3.28. The maximum absolute atomic E-state index is 13.4. The molecule has 1 amide bonds. The Kier molecular flexibility index (Phi) is 4.41. The van der Waals surface area contributed by atoms with Gasteiger partial charge >= 0.3 is 0 Å². The van der Waals surface area contributed by atoms with Gasteiger partial charge < -0.3 is 9.47 Å². The number of hydrogen-bond acceptors (Lipinski definition) is 4. The summed E-state index contributed by atoms with van der Waals surface area (Å²) in [5.41, 5.74) is 4.95. The molecule has 0 N–H and O–H groups in total. The van der Waals surface area contributed by atoms with E-state index in [4.69, 9.17) is 4.98 Å². The Hall–Kier alpha value is -3.74. The largest absolute Gasteiger partial charge is 0.336 e. The van der Waals surface area contributed by atoms with Gasteiger partial charge in [0.15, 0.2) is 5.82 Å². The van der Waals surface area contributed by atoms with Crippen molar-refractivity contribution < 1.29 is 4.79 Å². The molecule has 0 saturated carbocycles. The van der Waals surface area contributed by atoms with E-state index in [1.165, 1.54) is 15.6 Å². The predicted molar refractivity (Wildman–Crippen MR) is 120 cm³/mol. The maximum atomic E-state index is 13.4. The number of carbonyl (C=O) groups excluding carboxylic acids is 1. The number of fused-ring (bicyclic) bond motifs is 3.